The van der Waals surface area contributed by atoms with E-state index in [0.29, 0.717) is 16.7 Å². The molecule has 1 aromatic heterocycles. The third-order valence-electron chi connectivity index (χ3n) is 3.58. The van der Waals surface area contributed by atoms with Gasteiger partial charge in [0.1, 0.15) is 11.9 Å². The maximum Gasteiger partial charge on any atom is 0.326 e. The molecule has 1 amide bonds. The number of benzene rings is 1. The summed E-state index contributed by atoms with van der Waals surface area (Å²) in [6.45, 7) is 3.34. The number of carboxylic acid groups (broad SMARTS) is 1. The Labute approximate surface area is 126 Å². The molecule has 0 aliphatic rings. The minimum absolute atomic E-state index is 0.0511. The Morgan fingerprint density at radius 1 is 1.36 bits per heavy atom. The first kappa shape index (κ1) is 15.7. The van der Waals surface area contributed by atoms with Crippen LogP contribution in [0.5, 0.6) is 0 Å². The summed E-state index contributed by atoms with van der Waals surface area (Å²) in [4.78, 5) is 39.4. The maximum atomic E-state index is 12.7. The fourth-order valence-electron chi connectivity index (χ4n) is 2.53. The molecular formula is C15H17N3O4. The van der Waals surface area contributed by atoms with Crippen LogP contribution in [0.15, 0.2) is 23.0 Å². The van der Waals surface area contributed by atoms with E-state index in [9.17, 15) is 19.5 Å². The number of aliphatic carboxylic acids is 1. The number of aryl methyl sites for hydroxylation is 2. The number of hydrogen-bond donors (Lipinski definition) is 2. The lowest BCUT2D eigenvalue weighted by atomic mass is 10.1. The number of aromatic nitrogens is 2. The molecule has 1 unspecified atom stereocenters. The number of hydrogen-bond acceptors (Lipinski definition) is 4. The van der Waals surface area contributed by atoms with E-state index in [1.165, 1.54) is 0 Å². The predicted molar refractivity (Wildman–Crippen MR) is 80.6 cm³/mol. The van der Waals surface area contributed by atoms with E-state index in [0.717, 1.165) is 10.1 Å². The summed E-state index contributed by atoms with van der Waals surface area (Å²) in [6.07, 6.45) is -0.168. The summed E-state index contributed by atoms with van der Waals surface area (Å²) < 4.78 is 1.13. The maximum absolute atomic E-state index is 12.7. The van der Waals surface area contributed by atoms with Crippen molar-refractivity contribution < 1.29 is 14.7 Å². The highest BCUT2D eigenvalue weighted by Crippen LogP contribution is 2.18. The molecule has 3 N–H and O–H groups in total. The van der Waals surface area contributed by atoms with E-state index in [4.69, 9.17) is 5.73 Å². The van der Waals surface area contributed by atoms with Gasteiger partial charge in [-0.3, -0.25) is 14.2 Å². The summed E-state index contributed by atoms with van der Waals surface area (Å²) in [6, 6.07) is 4.09. The number of rotatable bonds is 5. The first-order valence-corrected chi connectivity index (χ1v) is 6.82. The average molecular weight is 303 g/mol. The molecule has 0 bridgehead atoms. The second kappa shape index (κ2) is 5.97. The Morgan fingerprint density at radius 3 is 2.64 bits per heavy atom. The van der Waals surface area contributed by atoms with Gasteiger partial charge in [0, 0.05) is 6.42 Å². The lowest BCUT2D eigenvalue weighted by molar-refractivity contribution is -0.141. The van der Waals surface area contributed by atoms with Gasteiger partial charge in [0.05, 0.1) is 10.9 Å². The van der Waals surface area contributed by atoms with Crippen LogP contribution in [0.25, 0.3) is 10.9 Å². The molecule has 116 valence electrons. The smallest absolute Gasteiger partial charge is 0.326 e. The summed E-state index contributed by atoms with van der Waals surface area (Å²) in [5, 5.41) is 9.78. The molecule has 0 saturated heterocycles. The third-order valence-corrected chi connectivity index (χ3v) is 3.58. The topological polar surface area (TPSA) is 115 Å². The Kier molecular flexibility index (Phi) is 4.25. The normalized spacial score (nSPS) is 12.3. The first-order valence-electron chi connectivity index (χ1n) is 6.82. The molecule has 7 nitrogen and oxygen atoms in total. The van der Waals surface area contributed by atoms with E-state index in [1.54, 1.807) is 32.0 Å². The fourth-order valence-corrected chi connectivity index (χ4v) is 2.53. The number of amides is 1. The van der Waals surface area contributed by atoms with Gasteiger partial charge in [-0.05, 0) is 31.9 Å². The molecule has 7 heteroatoms. The zero-order chi connectivity index (χ0) is 16.4. The molecule has 0 radical (unpaired) electrons. The van der Waals surface area contributed by atoms with E-state index in [-0.39, 0.29) is 12.8 Å². The molecule has 2 aromatic rings. The molecule has 0 saturated carbocycles. The molecule has 0 aliphatic carbocycles. The zero-order valence-corrected chi connectivity index (χ0v) is 12.4. The van der Waals surface area contributed by atoms with Gasteiger partial charge in [-0.1, -0.05) is 12.1 Å². The number of carboxylic acids is 1. The average Bonchev–Trinajstić information content (AvgIpc) is 2.41. The van der Waals surface area contributed by atoms with Crippen LogP contribution in [0.4, 0.5) is 0 Å². The second-order valence-corrected chi connectivity index (χ2v) is 5.16. The van der Waals surface area contributed by atoms with Gasteiger partial charge in [-0.25, -0.2) is 9.78 Å². The van der Waals surface area contributed by atoms with E-state index in [2.05, 4.69) is 4.98 Å². The molecule has 0 spiro atoms. The van der Waals surface area contributed by atoms with Crippen LogP contribution in [-0.4, -0.2) is 26.5 Å². The first-order chi connectivity index (χ1) is 10.3. The Bertz CT molecular complexity index is 810. The largest absolute Gasteiger partial charge is 0.480 e. The molecule has 1 aromatic carbocycles. The van der Waals surface area contributed by atoms with Gasteiger partial charge in [0.15, 0.2) is 0 Å². The van der Waals surface area contributed by atoms with Crippen molar-refractivity contribution in [3.05, 3.63) is 39.9 Å². The van der Waals surface area contributed by atoms with Gasteiger partial charge in [0.25, 0.3) is 5.56 Å². The standard InChI is InChI=1S/C15H17N3O4/c1-8-4-3-5-10-13(8)14(20)18(9(2)17-10)11(15(21)22)6-7-12(16)19/h3-5,11H,6-7H2,1-2H3,(H2,16,19)(H,21,22). The number of primary amides is 1. The molecule has 1 heterocycles. The van der Waals surface area contributed by atoms with Crippen molar-refractivity contribution >= 4 is 22.8 Å². The number of nitrogens with zero attached hydrogens (tertiary/aromatic N) is 2. The van der Waals surface area contributed by atoms with Crippen molar-refractivity contribution in [2.75, 3.05) is 0 Å². The number of carbonyl (C=O) groups is 2. The lowest BCUT2D eigenvalue weighted by Crippen LogP contribution is -2.33. The van der Waals surface area contributed by atoms with Crippen molar-refractivity contribution in [1.82, 2.24) is 9.55 Å². The highest BCUT2D eigenvalue weighted by atomic mass is 16.4. The van der Waals surface area contributed by atoms with Crippen LogP contribution < -0.4 is 11.3 Å². The van der Waals surface area contributed by atoms with Gasteiger partial charge < -0.3 is 10.8 Å². The second-order valence-electron chi connectivity index (χ2n) is 5.16. The highest BCUT2D eigenvalue weighted by Gasteiger charge is 2.24. The van der Waals surface area contributed by atoms with Crippen LogP contribution in [-0.2, 0) is 9.59 Å². The summed E-state index contributed by atoms with van der Waals surface area (Å²) in [5.74, 6) is -1.51. The number of nitrogens with two attached hydrogens (primary N) is 1. The van der Waals surface area contributed by atoms with E-state index >= 15 is 0 Å². The Hall–Kier alpha value is -2.70. The molecule has 0 fully saturated rings. The monoisotopic (exact) mass is 303 g/mol. The van der Waals surface area contributed by atoms with Gasteiger partial charge in [-0.2, -0.15) is 0 Å². The summed E-state index contributed by atoms with van der Waals surface area (Å²) in [7, 11) is 0. The van der Waals surface area contributed by atoms with Crippen LogP contribution >= 0.6 is 0 Å². The van der Waals surface area contributed by atoms with Gasteiger partial charge in [-0.15, -0.1) is 0 Å². The highest BCUT2D eigenvalue weighted by molar-refractivity contribution is 5.82. The SMILES string of the molecule is Cc1cccc2nc(C)n(C(CCC(N)=O)C(=O)O)c(=O)c12. The van der Waals surface area contributed by atoms with Crippen LogP contribution in [0.3, 0.4) is 0 Å². The molecular weight excluding hydrogens is 286 g/mol. The van der Waals surface area contributed by atoms with E-state index in [1.807, 2.05) is 0 Å². The Balaban J connectivity index is 2.67. The number of fused-ring (bicyclic) bond motifs is 1. The summed E-state index contributed by atoms with van der Waals surface area (Å²) >= 11 is 0. The van der Waals surface area contributed by atoms with Crippen molar-refractivity contribution in [1.29, 1.82) is 0 Å². The zero-order valence-electron chi connectivity index (χ0n) is 12.4. The van der Waals surface area contributed by atoms with Crippen molar-refractivity contribution in [2.45, 2.75) is 32.7 Å². The van der Waals surface area contributed by atoms with Crippen LogP contribution in [0.2, 0.25) is 0 Å². The van der Waals surface area contributed by atoms with Crippen molar-refractivity contribution in [3.63, 3.8) is 0 Å². The molecule has 0 aliphatic heterocycles. The number of carbonyl (C=O) groups excluding carboxylic acids is 1. The third kappa shape index (κ3) is 2.83. The molecule has 22 heavy (non-hydrogen) atoms. The minimum Gasteiger partial charge on any atom is -0.480 e. The lowest BCUT2D eigenvalue weighted by Gasteiger charge is -2.18. The Morgan fingerprint density at radius 2 is 2.05 bits per heavy atom. The van der Waals surface area contributed by atoms with Crippen molar-refractivity contribution in [3.8, 4) is 0 Å². The molecule has 1 atom stereocenters. The fraction of sp³-hybridized carbons (Fsp3) is 0.333. The summed E-state index contributed by atoms with van der Waals surface area (Å²) in [5.41, 5.74) is 5.91. The minimum atomic E-state index is -1.19. The van der Waals surface area contributed by atoms with Crippen LogP contribution in [0, 0.1) is 13.8 Å². The van der Waals surface area contributed by atoms with Crippen molar-refractivity contribution in [2.24, 2.45) is 5.73 Å². The predicted octanol–water partition coefficient (Wildman–Crippen LogP) is 0.905. The molecule has 2 rings (SSSR count). The quantitative estimate of drug-likeness (QED) is 0.851. The van der Waals surface area contributed by atoms with Gasteiger partial charge in [0.2, 0.25) is 5.91 Å². The van der Waals surface area contributed by atoms with Crippen LogP contribution in [0.1, 0.15) is 30.3 Å². The van der Waals surface area contributed by atoms with E-state index < -0.39 is 23.5 Å². The van der Waals surface area contributed by atoms with Gasteiger partial charge >= 0.3 is 5.97 Å².